The lowest BCUT2D eigenvalue weighted by atomic mass is 9.90. The number of ether oxygens (including phenoxy) is 1. The number of aromatic nitrogens is 3. The fourth-order valence-corrected chi connectivity index (χ4v) is 2.23. The summed E-state index contributed by atoms with van der Waals surface area (Å²) in [6, 6.07) is 5.65. The van der Waals surface area contributed by atoms with E-state index in [0.717, 1.165) is 5.56 Å². The van der Waals surface area contributed by atoms with Crippen molar-refractivity contribution >= 4 is 5.97 Å². The number of carboxylic acid groups (broad SMARTS) is 1. The Balaban J connectivity index is 2.76. The van der Waals surface area contributed by atoms with Crippen molar-refractivity contribution in [2.45, 2.75) is 33.1 Å². The van der Waals surface area contributed by atoms with Crippen LogP contribution in [0, 0.1) is 6.92 Å². The Bertz CT molecular complexity index is 684. The number of methoxy groups -OCH3 is 1. The molecule has 21 heavy (non-hydrogen) atoms. The molecule has 112 valence electrons. The standard InChI is InChI=1S/C15H19N3O3/c1-9-6-7-11(21-5)10(8-9)18-13(15(2,3)4)12(14(19)20)16-17-18/h6-8H,1-5H3,(H,19,20). The molecule has 1 N–H and O–H groups in total. The van der Waals surface area contributed by atoms with E-state index in [-0.39, 0.29) is 5.69 Å². The molecule has 0 unspecified atom stereocenters. The van der Waals surface area contributed by atoms with Crippen LogP contribution in [0.3, 0.4) is 0 Å². The Morgan fingerprint density at radius 2 is 2.00 bits per heavy atom. The third-order valence-corrected chi connectivity index (χ3v) is 3.15. The van der Waals surface area contributed by atoms with E-state index < -0.39 is 11.4 Å². The number of carboxylic acids is 1. The molecule has 0 radical (unpaired) electrons. The van der Waals surface area contributed by atoms with Gasteiger partial charge < -0.3 is 9.84 Å². The van der Waals surface area contributed by atoms with Crippen molar-refractivity contribution in [2.24, 2.45) is 0 Å². The molecule has 0 bridgehead atoms. The lowest BCUT2D eigenvalue weighted by Gasteiger charge is -2.21. The third-order valence-electron chi connectivity index (χ3n) is 3.15. The zero-order valence-electron chi connectivity index (χ0n) is 12.8. The minimum Gasteiger partial charge on any atom is -0.494 e. The summed E-state index contributed by atoms with van der Waals surface area (Å²) >= 11 is 0. The molecule has 1 aromatic carbocycles. The van der Waals surface area contributed by atoms with Gasteiger partial charge in [0.05, 0.1) is 12.8 Å². The van der Waals surface area contributed by atoms with Crippen LogP contribution in [0.5, 0.6) is 5.75 Å². The monoisotopic (exact) mass is 289 g/mol. The van der Waals surface area contributed by atoms with Gasteiger partial charge in [-0.15, -0.1) is 5.10 Å². The highest BCUT2D eigenvalue weighted by Crippen LogP contribution is 2.31. The molecule has 0 fully saturated rings. The highest BCUT2D eigenvalue weighted by molar-refractivity contribution is 5.87. The molecule has 0 atom stereocenters. The first-order chi connectivity index (χ1) is 9.75. The summed E-state index contributed by atoms with van der Waals surface area (Å²) < 4.78 is 6.91. The molecule has 6 nitrogen and oxygen atoms in total. The molecule has 0 spiro atoms. The van der Waals surface area contributed by atoms with Gasteiger partial charge in [-0.05, 0) is 24.6 Å². The molecule has 1 aromatic heterocycles. The quantitative estimate of drug-likeness (QED) is 0.939. The fourth-order valence-electron chi connectivity index (χ4n) is 2.23. The highest BCUT2D eigenvalue weighted by Gasteiger charge is 2.30. The molecule has 0 aliphatic rings. The van der Waals surface area contributed by atoms with E-state index in [9.17, 15) is 9.90 Å². The second kappa shape index (κ2) is 5.20. The predicted molar refractivity (Wildman–Crippen MR) is 78.3 cm³/mol. The second-order valence-electron chi connectivity index (χ2n) is 5.93. The third kappa shape index (κ3) is 2.74. The van der Waals surface area contributed by atoms with Gasteiger partial charge in [0.15, 0.2) is 5.69 Å². The number of hydrogen-bond donors (Lipinski definition) is 1. The number of aryl methyl sites for hydroxylation is 1. The molecule has 0 saturated heterocycles. The normalized spacial score (nSPS) is 11.5. The van der Waals surface area contributed by atoms with Gasteiger partial charge >= 0.3 is 5.97 Å². The average molecular weight is 289 g/mol. The van der Waals surface area contributed by atoms with Crippen molar-refractivity contribution < 1.29 is 14.6 Å². The zero-order chi connectivity index (χ0) is 15.8. The molecule has 0 saturated carbocycles. The van der Waals surface area contributed by atoms with Gasteiger partial charge in [0, 0.05) is 5.41 Å². The Labute approximate surface area is 123 Å². The molecule has 0 amide bonds. The Hall–Kier alpha value is -2.37. The minimum absolute atomic E-state index is 0.0361. The van der Waals surface area contributed by atoms with Crippen molar-refractivity contribution in [3.8, 4) is 11.4 Å². The summed E-state index contributed by atoms with van der Waals surface area (Å²) in [6.07, 6.45) is 0. The number of hydrogen-bond acceptors (Lipinski definition) is 4. The van der Waals surface area contributed by atoms with Gasteiger partial charge in [-0.25, -0.2) is 9.48 Å². The number of rotatable bonds is 3. The van der Waals surface area contributed by atoms with E-state index in [1.807, 2.05) is 45.9 Å². The summed E-state index contributed by atoms with van der Waals surface area (Å²) in [5, 5.41) is 17.2. The first-order valence-electron chi connectivity index (χ1n) is 6.60. The van der Waals surface area contributed by atoms with E-state index in [4.69, 9.17) is 4.74 Å². The van der Waals surface area contributed by atoms with Crippen LogP contribution < -0.4 is 4.74 Å². The number of benzene rings is 1. The van der Waals surface area contributed by atoms with Crippen molar-refractivity contribution in [1.82, 2.24) is 15.0 Å². The maximum atomic E-state index is 11.4. The first-order valence-corrected chi connectivity index (χ1v) is 6.60. The van der Waals surface area contributed by atoms with Crippen LogP contribution in [-0.4, -0.2) is 33.2 Å². The van der Waals surface area contributed by atoms with Crippen LogP contribution >= 0.6 is 0 Å². The van der Waals surface area contributed by atoms with Gasteiger partial charge in [-0.1, -0.05) is 32.1 Å². The van der Waals surface area contributed by atoms with Crippen LogP contribution in [0.25, 0.3) is 5.69 Å². The van der Waals surface area contributed by atoms with Crippen LogP contribution in [0.15, 0.2) is 18.2 Å². The Morgan fingerprint density at radius 3 is 2.52 bits per heavy atom. The average Bonchev–Trinajstić information content (AvgIpc) is 2.83. The van der Waals surface area contributed by atoms with Crippen molar-refractivity contribution in [2.75, 3.05) is 7.11 Å². The van der Waals surface area contributed by atoms with E-state index in [0.29, 0.717) is 17.1 Å². The molecule has 1 heterocycles. The van der Waals surface area contributed by atoms with Crippen LogP contribution in [0.2, 0.25) is 0 Å². The molecule has 6 heteroatoms. The maximum absolute atomic E-state index is 11.4. The molecular weight excluding hydrogens is 270 g/mol. The zero-order valence-corrected chi connectivity index (χ0v) is 12.8. The minimum atomic E-state index is -1.09. The van der Waals surface area contributed by atoms with E-state index in [2.05, 4.69) is 10.3 Å². The summed E-state index contributed by atoms with van der Waals surface area (Å²) in [6.45, 7) is 7.74. The summed E-state index contributed by atoms with van der Waals surface area (Å²) in [4.78, 5) is 11.4. The SMILES string of the molecule is COc1ccc(C)cc1-n1nnc(C(=O)O)c1C(C)(C)C. The number of nitrogens with zero attached hydrogens (tertiary/aromatic N) is 3. The lowest BCUT2D eigenvalue weighted by molar-refractivity contribution is 0.0687. The van der Waals surface area contributed by atoms with Crippen molar-refractivity contribution in [3.05, 3.63) is 35.2 Å². The van der Waals surface area contributed by atoms with E-state index in [1.54, 1.807) is 11.8 Å². The Kier molecular flexibility index (Phi) is 3.72. The maximum Gasteiger partial charge on any atom is 0.358 e. The largest absolute Gasteiger partial charge is 0.494 e. The van der Waals surface area contributed by atoms with Crippen LogP contribution in [0.1, 0.15) is 42.5 Å². The molecule has 0 aliphatic heterocycles. The summed E-state index contributed by atoms with van der Waals surface area (Å²) in [5.41, 5.74) is 1.79. The van der Waals surface area contributed by atoms with E-state index in [1.165, 1.54) is 0 Å². The Morgan fingerprint density at radius 1 is 1.33 bits per heavy atom. The van der Waals surface area contributed by atoms with E-state index >= 15 is 0 Å². The van der Waals surface area contributed by atoms with Gasteiger partial charge in [-0.2, -0.15) is 0 Å². The van der Waals surface area contributed by atoms with Crippen molar-refractivity contribution in [3.63, 3.8) is 0 Å². The van der Waals surface area contributed by atoms with Gasteiger partial charge in [0.1, 0.15) is 11.4 Å². The van der Waals surface area contributed by atoms with Crippen LogP contribution in [0.4, 0.5) is 0 Å². The summed E-state index contributed by atoms with van der Waals surface area (Å²) in [5.74, 6) is -0.467. The van der Waals surface area contributed by atoms with Gasteiger partial charge in [-0.3, -0.25) is 0 Å². The first kappa shape index (κ1) is 15.0. The van der Waals surface area contributed by atoms with Gasteiger partial charge in [0.2, 0.25) is 0 Å². The second-order valence-corrected chi connectivity index (χ2v) is 5.93. The number of carbonyl (C=O) groups is 1. The summed E-state index contributed by atoms with van der Waals surface area (Å²) in [7, 11) is 1.57. The van der Waals surface area contributed by atoms with Gasteiger partial charge in [0.25, 0.3) is 0 Å². The number of aromatic carboxylic acids is 1. The van der Waals surface area contributed by atoms with Crippen LogP contribution in [-0.2, 0) is 5.41 Å². The molecular formula is C15H19N3O3. The van der Waals surface area contributed by atoms with Crippen molar-refractivity contribution in [1.29, 1.82) is 0 Å². The smallest absolute Gasteiger partial charge is 0.358 e. The molecule has 2 aromatic rings. The highest BCUT2D eigenvalue weighted by atomic mass is 16.5. The topological polar surface area (TPSA) is 77.2 Å². The predicted octanol–water partition coefficient (Wildman–Crippen LogP) is 2.58. The molecule has 0 aliphatic carbocycles. The fraction of sp³-hybridized carbons (Fsp3) is 0.400. The lowest BCUT2D eigenvalue weighted by Crippen LogP contribution is -2.21. The molecule has 2 rings (SSSR count).